The number of nitrogens with zero attached hydrogens (tertiary/aromatic N) is 1. The van der Waals surface area contributed by atoms with E-state index < -0.39 is 11.7 Å². The number of rotatable bonds is 4. The van der Waals surface area contributed by atoms with Gasteiger partial charge < -0.3 is 15.1 Å². The predicted octanol–water partition coefficient (Wildman–Crippen LogP) is 3.81. The first-order valence-electron chi connectivity index (χ1n) is 7.71. The molecule has 1 aromatic carbocycles. The zero-order chi connectivity index (χ0) is 18.0. The van der Waals surface area contributed by atoms with E-state index in [0.29, 0.717) is 11.1 Å². The van der Waals surface area contributed by atoms with Gasteiger partial charge in [-0.25, -0.2) is 4.39 Å². The van der Waals surface area contributed by atoms with Crippen LogP contribution in [-0.4, -0.2) is 16.8 Å². The average molecular weight is 341 g/mol. The molecule has 0 aliphatic carbocycles. The molecule has 0 atom stereocenters. The summed E-state index contributed by atoms with van der Waals surface area (Å²) in [7, 11) is 0. The lowest BCUT2D eigenvalue weighted by Gasteiger charge is -2.09. The van der Waals surface area contributed by atoms with E-state index in [4.69, 9.17) is 4.42 Å². The number of hydrogen-bond donors (Lipinski definition) is 2. The maximum atomic E-state index is 13.8. The van der Waals surface area contributed by atoms with Crippen molar-refractivity contribution >= 4 is 34.3 Å². The van der Waals surface area contributed by atoms with Crippen LogP contribution < -0.4 is 10.6 Å². The second-order valence-electron chi connectivity index (χ2n) is 5.73. The molecule has 0 saturated heterocycles. The minimum absolute atomic E-state index is 0.0158. The van der Waals surface area contributed by atoms with Gasteiger partial charge in [-0.2, -0.15) is 0 Å². The first kappa shape index (κ1) is 16.6. The molecule has 0 bridgehead atoms. The summed E-state index contributed by atoms with van der Waals surface area (Å²) < 4.78 is 19.3. The topological polar surface area (TPSA) is 84.2 Å². The molecule has 2 heterocycles. The van der Waals surface area contributed by atoms with E-state index in [1.54, 1.807) is 32.0 Å². The third-order valence-electron chi connectivity index (χ3n) is 3.55. The highest BCUT2D eigenvalue weighted by molar-refractivity contribution is 6.13. The molecule has 25 heavy (non-hydrogen) atoms. The summed E-state index contributed by atoms with van der Waals surface area (Å²) in [6.45, 7) is 3.45. The van der Waals surface area contributed by atoms with Crippen molar-refractivity contribution < 1.29 is 18.4 Å². The van der Waals surface area contributed by atoms with E-state index in [9.17, 15) is 14.0 Å². The van der Waals surface area contributed by atoms with Crippen LogP contribution >= 0.6 is 0 Å². The Labute approximate surface area is 143 Å². The number of para-hydroxylation sites is 1. The number of fused-ring (bicyclic) bond motifs is 1. The Morgan fingerprint density at radius 1 is 1.12 bits per heavy atom. The van der Waals surface area contributed by atoms with Crippen molar-refractivity contribution in [1.82, 2.24) is 4.98 Å². The molecule has 0 aliphatic rings. The van der Waals surface area contributed by atoms with Crippen molar-refractivity contribution in [2.75, 3.05) is 10.6 Å². The Morgan fingerprint density at radius 3 is 2.60 bits per heavy atom. The molecule has 128 valence electrons. The van der Waals surface area contributed by atoms with Gasteiger partial charge in [-0.15, -0.1) is 0 Å². The largest absolute Gasteiger partial charge is 0.447 e. The number of hydrogen-bond acceptors (Lipinski definition) is 4. The highest BCUT2D eigenvalue weighted by atomic mass is 19.1. The predicted molar refractivity (Wildman–Crippen MR) is 91.8 cm³/mol. The standard InChI is InChI=1S/C18H16FN3O3/c1-10(2)17(23)22-15-14-13(8-5-9-20-14)25-16(15)18(24)21-12-7-4-3-6-11(12)19/h3-10H,1-2H3,(H,21,24)(H,22,23). The first-order chi connectivity index (χ1) is 12.0. The van der Waals surface area contributed by atoms with Gasteiger partial charge in [-0.1, -0.05) is 26.0 Å². The second-order valence-corrected chi connectivity index (χ2v) is 5.73. The highest BCUT2D eigenvalue weighted by Gasteiger charge is 2.24. The van der Waals surface area contributed by atoms with Gasteiger partial charge in [0.15, 0.2) is 5.58 Å². The summed E-state index contributed by atoms with van der Waals surface area (Å²) in [5.41, 5.74) is 0.889. The molecular weight excluding hydrogens is 325 g/mol. The summed E-state index contributed by atoms with van der Waals surface area (Å²) in [6, 6.07) is 9.06. The van der Waals surface area contributed by atoms with Gasteiger partial charge in [0.2, 0.25) is 11.7 Å². The Kier molecular flexibility index (Phi) is 4.47. The van der Waals surface area contributed by atoms with Gasteiger partial charge in [0.25, 0.3) is 5.91 Å². The lowest BCUT2D eigenvalue weighted by atomic mass is 10.2. The number of furan rings is 1. The first-order valence-corrected chi connectivity index (χ1v) is 7.71. The van der Waals surface area contributed by atoms with Crippen LogP contribution in [0.1, 0.15) is 24.4 Å². The van der Waals surface area contributed by atoms with E-state index in [2.05, 4.69) is 15.6 Å². The number of carbonyl (C=O) groups excluding carboxylic acids is 2. The van der Waals surface area contributed by atoms with Crippen molar-refractivity contribution in [2.45, 2.75) is 13.8 Å². The van der Waals surface area contributed by atoms with Crippen LogP contribution in [0.15, 0.2) is 47.0 Å². The zero-order valence-electron chi connectivity index (χ0n) is 13.7. The monoisotopic (exact) mass is 341 g/mol. The Bertz CT molecular complexity index is 950. The molecule has 0 unspecified atom stereocenters. The fraction of sp³-hybridized carbons (Fsp3) is 0.167. The third-order valence-corrected chi connectivity index (χ3v) is 3.55. The average Bonchev–Trinajstić information content (AvgIpc) is 2.95. The fourth-order valence-electron chi connectivity index (χ4n) is 2.21. The van der Waals surface area contributed by atoms with Crippen LogP contribution in [0.5, 0.6) is 0 Å². The molecule has 0 aliphatic heterocycles. The molecule has 0 fully saturated rings. The molecule has 2 N–H and O–H groups in total. The van der Waals surface area contributed by atoms with Crippen LogP contribution in [0, 0.1) is 11.7 Å². The summed E-state index contributed by atoms with van der Waals surface area (Å²) in [5, 5.41) is 5.11. The Morgan fingerprint density at radius 2 is 1.88 bits per heavy atom. The molecule has 0 saturated carbocycles. The molecule has 2 amide bonds. The minimum atomic E-state index is -0.679. The molecular formula is C18H16FN3O3. The maximum Gasteiger partial charge on any atom is 0.293 e. The van der Waals surface area contributed by atoms with Gasteiger partial charge in [0.1, 0.15) is 17.0 Å². The van der Waals surface area contributed by atoms with Crippen LogP contribution in [0.25, 0.3) is 11.1 Å². The van der Waals surface area contributed by atoms with Crippen molar-refractivity contribution in [2.24, 2.45) is 5.92 Å². The van der Waals surface area contributed by atoms with Crippen molar-refractivity contribution in [3.63, 3.8) is 0 Å². The number of amides is 2. The van der Waals surface area contributed by atoms with Gasteiger partial charge in [-0.05, 0) is 24.3 Å². The Hall–Kier alpha value is -3.22. The molecule has 3 aromatic rings. The van der Waals surface area contributed by atoms with Crippen molar-refractivity contribution in [3.05, 3.63) is 54.2 Å². The van der Waals surface area contributed by atoms with Gasteiger partial charge >= 0.3 is 0 Å². The number of carbonyl (C=O) groups is 2. The third kappa shape index (κ3) is 3.35. The van der Waals surface area contributed by atoms with Gasteiger partial charge in [0.05, 0.1) is 5.69 Å². The number of halogens is 1. The molecule has 6 nitrogen and oxygen atoms in total. The number of nitrogens with one attached hydrogen (secondary N) is 2. The van der Waals surface area contributed by atoms with E-state index >= 15 is 0 Å². The minimum Gasteiger partial charge on any atom is -0.447 e. The Balaban J connectivity index is 2.01. The van der Waals surface area contributed by atoms with Crippen molar-refractivity contribution in [1.29, 1.82) is 0 Å². The van der Waals surface area contributed by atoms with Gasteiger partial charge in [-0.3, -0.25) is 14.6 Å². The lowest BCUT2D eigenvalue weighted by Crippen LogP contribution is -2.21. The van der Waals surface area contributed by atoms with Crippen molar-refractivity contribution in [3.8, 4) is 0 Å². The molecule has 2 aromatic heterocycles. The number of benzene rings is 1. The number of pyridine rings is 1. The van der Waals surface area contributed by atoms with Crippen LogP contribution in [-0.2, 0) is 4.79 Å². The fourth-order valence-corrected chi connectivity index (χ4v) is 2.21. The van der Waals surface area contributed by atoms with Crippen LogP contribution in [0.2, 0.25) is 0 Å². The smallest absolute Gasteiger partial charge is 0.293 e. The lowest BCUT2D eigenvalue weighted by molar-refractivity contribution is -0.118. The summed E-state index contributed by atoms with van der Waals surface area (Å²) >= 11 is 0. The quantitative estimate of drug-likeness (QED) is 0.756. The normalized spacial score (nSPS) is 10.9. The molecule has 0 spiro atoms. The maximum absolute atomic E-state index is 13.8. The highest BCUT2D eigenvalue weighted by Crippen LogP contribution is 2.30. The molecule has 7 heteroatoms. The molecule has 0 radical (unpaired) electrons. The zero-order valence-corrected chi connectivity index (χ0v) is 13.7. The summed E-state index contributed by atoms with van der Waals surface area (Å²) in [6.07, 6.45) is 1.53. The van der Waals surface area contributed by atoms with E-state index in [1.807, 2.05) is 0 Å². The summed E-state index contributed by atoms with van der Waals surface area (Å²) in [4.78, 5) is 28.8. The van der Waals surface area contributed by atoms with E-state index in [1.165, 1.54) is 24.4 Å². The number of anilines is 2. The van der Waals surface area contributed by atoms with Crippen LogP contribution in [0.4, 0.5) is 15.8 Å². The number of aromatic nitrogens is 1. The van der Waals surface area contributed by atoms with E-state index in [-0.39, 0.29) is 29.0 Å². The van der Waals surface area contributed by atoms with Crippen LogP contribution in [0.3, 0.4) is 0 Å². The SMILES string of the molecule is CC(C)C(=O)Nc1c(C(=O)Nc2ccccc2F)oc2cccnc12. The van der Waals surface area contributed by atoms with E-state index in [0.717, 1.165) is 0 Å². The molecule has 3 rings (SSSR count). The second kappa shape index (κ2) is 6.72. The van der Waals surface area contributed by atoms with Gasteiger partial charge in [0, 0.05) is 12.1 Å². The summed E-state index contributed by atoms with van der Waals surface area (Å²) in [5.74, 6) is -1.96.